The van der Waals surface area contributed by atoms with Crippen LogP contribution in [0.1, 0.15) is 65.7 Å². The summed E-state index contributed by atoms with van der Waals surface area (Å²) in [6.07, 6.45) is 4.89. The number of carbonyl (C=O) groups excluding carboxylic acids is 2. The van der Waals surface area contributed by atoms with Crippen molar-refractivity contribution in [1.82, 2.24) is 0 Å². The topological polar surface area (TPSA) is 80.4 Å². The van der Waals surface area contributed by atoms with Crippen LogP contribution in [0.3, 0.4) is 0 Å². The zero-order chi connectivity index (χ0) is 18.8. The van der Waals surface area contributed by atoms with Crippen molar-refractivity contribution in [2.45, 2.75) is 65.7 Å². The maximum atomic E-state index is 11.8. The first-order valence-electron chi connectivity index (χ1n) is 8.89. The maximum absolute atomic E-state index is 11.8. The van der Waals surface area contributed by atoms with Crippen LogP contribution < -0.4 is 5.73 Å². The Kier molecular flexibility index (Phi) is 10.7. The van der Waals surface area contributed by atoms with Crippen LogP contribution >= 0.6 is 0 Å². The molecule has 0 fully saturated rings. The van der Waals surface area contributed by atoms with Crippen molar-refractivity contribution < 1.29 is 14.7 Å². The Morgan fingerprint density at radius 2 is 1.50 bits per heavy atom. The van der Waals surface area contributed by atoms with Crippen molar-refractivity contribution >= 4 is 11.6 Å². The molecule has 4 heteroatoms. The smallest absolute Gasteiger partial charge is 0.157 e. The quantitative estimate of drug-likeness (QED) is 0.475. The van der Waals surface area contributed by atoms with E-state index < -0.39 is 0 Å². The van der Waals surface area contributed by atoms with E-state index in [1.165, 1.54) is 0 Å². The number of carbonyl (C=O) groups is 2. The first-order valence-corrected chi connectivity index (χ1v) is 8.89. The molecule has 1 unspecified atom stereocenters. The predicted octanol–water partition coefficient (Wildman–Crippen LogP) is 3.58. The molecule has 24 heavy (non-hydrogen) atoms. The van der Waals surface area contributed by atoms with E-state index in [-0.39, 0.29) is 29.5 Å². The van der Waals surface area contributed by atoms with E-state index in [1.807, 2.05) is 6.92 Å². The summed E-state index contributed by atoms with van der Waals surface area (Å²) < 4.78 is 0. The fraction of sp³-hybridized carbons (Fsp3) is 0.700. The van der Waals surface area contributed by atoms with Crippen molar-refractivity contribution in [3.63, 3.8) is 0 Å². The molecule has 0 aromatic heterocycles. The largest absolute Gasteiger partial charge is 0.396 e. The third-order valence-corrected chi connectivity index (χ3v) is 5.11. The molecule has 0 aliphatic carbocycles. The minimum Gasteiger partial charge on any atom is -0.396 e. The highest BCUT2D eigenvalue weighted by Gasteiger charge is 2.27. The van der Waals surface area contributed by atoms with Gasteiger partial charge in [-0.3, -0.25) is 9.59 Å². The van der Waals surface area contributed by atoms with E-state index in [0.29, 0.717) is 30.5 Å². The van der Waals surface area contributed by atoms with E-state index in [0.717, 1.165) is 32.1 Å². The van der Waals surface area contributed by atoms with Crippen LogP contribution in [0.15, 0.2) is 24.3 Å². The molecular weight excluding hydrogens is 302 g/mol. The molecule has 4 nitrogen and oxygen atoms in total. The Hall–Kier alpha value is -1.26. The standard InChI is InChI=1S/C20H35NO3/c1-6-20(13-21,14-22)12-11-17(7-9-18(23)15(2)3)8-10-19(24)16(4)5/h17,22H,2,4,6-14,21H2,1,3,5H3. The van der Waals surface area contributed by atoms with E-state index >= 15 is 0 Å². The summed E-state index contributed by atoms with van der Waals surface area (Å²) >= 11 is 0. The first-order chi connectivity index (χ1) is 11.2. The zero-order valence-corrected chi connectivity index (χ0v) is 15.7. The fourth-order valence-corrected chi connectivity index (χ4v) is 2.72. The fourth-order valence-electron chi connectivity index (χ4n) is 2.72. The molecule has 0 radical (unpaired) electrons. The van der Waals surface area contributed by atoms with E-state index in [4.69, 9.17) is 5.73 Å². The van der Waals surface area contributed by atoms with Gasteiger partial charge in [-0.1, -0.05) is 20.1 Å². The molecule has 0 aromatic carbocycles. The van der Waals surface area contributed by atoms with E-state index in [2.05, 4.69) is 13.2 Å². The second-order valence-corrected chi connectivity index (χ2v) is 7.10. The van der Waals surface area contributed by atoms with Gasteiger partial charge in [0.15, 0.2) is 11.6 Å². The van der Waals surface area contributed by atoms with Gasteiger partial charge in [0.25, 0.3) is 0 Å². The molecule has 0 heterocycles. The number of aliphatic hydroxyl groups is 1. The summed E-state index contributed by atoms with van der Waals surface area (Å²) in [6.45, 7) is 13.4. The van der Waals surface area contributed by atoms with E-state index in [9.17, 15) is 14.7 Å². The Morgan fingerprint density at radius 3 is 1.79 bits per heavy atom. The molecule has 0 bridgehead atoms. The van der Waals surface area contributed by atoms with Crippen LogP contribution in [0.2, 0.25) is 0 Å². The monoisotopic (exact) mass is 337 g/mol. The van der Waals surface area contributed by atoms with Crippen LogP contribution in [-0.2, 0) is 9.59 Å². The number of aliphatic hydroxyl groups excluding tert-OH is 1. The summed E-state index contributed by atoms with van der Waals surface area (Å²) in [6, 6.07) is 0. The maximum Gasteiger partial charge on any atom is 0.157 e. The summed E-state index contributed by atoms with van der Waals surface area (Å²) in [5.41, 5.74) is 6.74. The Bertz CT molecular complexity index is 412. The minimum atomic E-state index is -0.255. The van der Waals surface area contributed by atoms with Gasteiger partial charge in [0.1, 0.15) is 0 Å². The molecule has 0 rings (SSSR count). The third-order valence-electron chi connectivity index (χ3n) is 5.11. The molecule has 1 atom stereocenters. The van der Waals surface area contributed by atoms with E-state index in [1.54, 1.807) is 13.8 Å². The van der Waals surface area contributed by atoms with Crippen molar-refractivity contribution in [2.24, 2.45) is 17.1 Å². The second-order valence-electron chi connectivity index (χ2n) is 7.10. The van der Waals surface area contributed by atoms with Gasteiger partial charge in [-0.05, 0) is 63.0 Å². The molecule has 138 valence electrons. The number of rotatable bonds is 14. The van der Waals surface area contributed by atoms with Crippen molar-refractivity contribution in [3.05, 3.63) is 24.3 Å². The average Bonchev–Trinajstić information content (AvgIpc) is 2.57. The van der Waals surface area contributed by atoms with Gasteiger partial charge in [0, 0.05) is 31.4 Å². The van der Waals surface area contributed by atoms with Crippen molar-refractivity contribution in [3.8, 4) is 0 Å². The Balaban J connectivity index is 4.77. The zero-order valence-electron chi connectivity index (χ0n) is 15.7. The molecule has 0 saturated heterocycles. The van der Waals surface area contributed by atoms with Gasteiger partial charge in [0.2, 0.25) is 0 Å². The third kappa shape index (κ3) is 8.02. The van der Waals surface area contributed by atoms with Crippen molar-refractivity contribution in [2.75, 3.05) is 13.2 Å². The molecule has 0 saturated carbocycles. The molecule has 0 amide bonds. The molecular formula is C20H35NO3. The minimum absolute atomic E-state index is 0.0715. The lowest BCUT2D eigenvalue weighted by atomic mass is 9.77. The second kappa shape index (κ2) is 11.3. The predicted molar refractivity (Wildman–Crippen MR) is 99.7 cm³/mol. The lowest BCUT2D eigenvalue weighted by Gasteiger charge is -2.31. The van der Waals surface area contributed by atoms with Gasteiger partial charge >= 0.3 is 0 Å². The number of hydrogen-bond acceptors (Lipinski definition) is 4. The van der Waals surface area contributed by atoms with Crippen LogP contribution in [0.5, 0.6) is 0 Å². The lowest BCUT2D eigenvalue weighted by Crippen LogP contribution is -2.34. The Morgan fingerprint density at radius 1 is 1.04 bits per heavy atom. The highest BCUT2D eigenvalue weighted by atomic mass is 16.3. The highest BCUT2D eigenvalue weighted by molar-refractivity contribution is 5.94. The lowest BCUT2D eigenvalue weighted by molar-refractivity contribution is -0.116. The first kappa shape index (κ1) is 22.7. The normalized spacial score (nSPS) is 13.6. The number of allylic oxidation sites excluding steroid dienone is 2. The number of Topliss-reactive ketones (excluding diaryl/α,β-unsaturated/α-hetero) is 2. The SMILES string of the molecule is C=C(C)C(=O)CCC(CCC(=O)C(=C)C)CCC(CC)(CN)CO. The van der Waals surface area contributed by atoms with Gasteiger partial charge < -0.3 is 10.8 Å². The summed E-state index contributed by atoms with van der Waals surface area (Å²) in [5.74, 6) is 0.420. The van der Waals surface area contributed by atoms with Crippen molar-refractivity contribution in [1.29, 1.82) is 0 Å². The molecule has 3 N–H and O–H groups in total. The van der Waals surface area contributed by atoms with Crippen LogP contribution in [0.25, 0.3) is 0 Å². The molecule has 0 aromatic rings. The Labute approximate surface area is 147 Å². The van der Waals surface area contributed by atoms with Crippen LogP contribution in [-0.4, -0.2) is 29.8 Å². The summed E-state index contributed by atoms with van der Waals surface area (Å²) in [7, 11) is 0. The molecule has 0 spiro atoms. The van der Waals surface area contributed by atoms with Crippen LogP contribution in [0.4, 0.5) is 0 Å². The van der Waals surface area contributed by atoms with Gasteiger partial charge in [0.05, 0.1) is 0 Å². The molecule has 0 aliphatic heterocycles. The highest BCUT2D eigenvalue weighted by Crippen LogP contribution is 2.31. The van der Waals surface area contributed by atoms with Crippen LogP contribution in [0, 0.1) is 11.3 Å². The van der Waals surface area contributed by atoms with Gasteiger partial charge in [-0.25, -0.2) is 0 Å². The average molecular weight is 338 g/mol. The summed E-state index contributed by atoms with van der Waals surface area (Å²) in [5, 5.41) is 9.66. The van der Waals surface area contributed by atoms with Gasteiger partial charge in [-0.15, -0.1) is 0 Å². The van der Waals surface area contributed by atoms with Gasteiger partial charge in [-0.2, -0.15) is 0 Å². The number of hydrogen-bond donors (Lipinski definition) is 2. The number of ketones is 2. The number of nitrogens with two attached hydrogens (primary N) is 1. The summed E-state index contributed by atoms with van der Waals surface area (Å²) in [4.78, 5) is 23.6. The molecule has 0 aliphatic rings.